The van der Waals surface area contributed by atoms with E-state index < -0.39 is 5.67 Å². The number of alkyl halides is 1. The van der Waals surface area contributed by atoms with Crippen LogP contribution in [-0.2, 0) is 15.1 Å². The maximum atomic E-state index is 15.9. The Morgan fingerprint density at radius 1 is 1.08 bits per heavy atom. The number of carbonyl (C=O) groups is 1. The molecule has 202 valence electrons. The van der Waals surface area contributed by atoms with Crippen molar-refractivity contribution >= 4 is 17.3 Å². The van der Waals surface area contributed by atoms with Crippen molar-refractivity contribution in [1.29, 1.82) is 0 Å². The number of halogens is 1. The van der Waals surface area contributed by atoms with E-state index in [4.69, 9.17) is 9.47 Å². The van der Waals surface area contributed by atoms with Crippen LogP contribution >= 0.6 is 0 Å². The van der Waals surface area contributed by atoms with E-state index >= 15 is 4.39 Å². The molecule has 0 bridgehead atoms. The minimum Gasteiger partial charge on any atom is -0.441 e. The number of fused-ring (bicyclic) bond motifs is 1. The lowest BCUT2D eigenvalue weighted by Crippen LogP contribution is -2.51. The van der Waals surface area contributed by atoms with Crippen LogP contribution in [0, 0.1) is 0 Å². The van der Waals surface area contributed by atoms with Crippen molar-refractivity contribution in [3.63, 3.8) is 0 Å². The van der Waals surface area contributed by atoms with Crippen LogP contribution in [0.4, 0.5) is 14.9 Å². The summed E-state index contributed by atoms with van der Waals surface area (Å²) < 4.78 is 28.4. The van der Waals surface area contributed by atoms with Gasteiger partial charge in [0.05, 0.1) is 24.4 Å². The fraction of sp³-hybridized carbons (Fsp3) is 0.517. The second-order valence-electron chi connectivity index (χ2n) is 11.0. The van der Waals surface area contributed by atoms with E-state index in [1.54, 1.807) is 4.90 Å². The first-order chi connectivity index (χ1) is 18.4. The second kappa shape index (κ2) is 10.2. The second-order valence-corrected chi connectivity index (χ2v) is 11.0. The van der Waals surface area contributed by atoms with E-state index in [0.717, 1.165) is 53.9 Å². The molecule has 2 aromatic heterocycles. The zero-order chi connectivity index (χ0) is 26.3. The number of carbonyl (C=O) groups excluding carboxylic acids is 1. The number of benzene rings is 1. The number of piperidine rings is 1. The van der Waals surface area contributed by atoms with Gasteiger partial charge in [-0.3, -0.25) is 4.90 Å². The Balaban J connectivity index is 1.16. The van der Waals surface area contributed by atoms with Gasteiger partial charge in [0.2, 0.25) is 0 Å². The summed E-state index contributed by atoms with van der Waals surface area (Å²) in [5, 5.41) is 4.53. The first-order valence-corrected chi connectivity index (χ1v) is 13.7. The van der Waals surface area contributed by atoms with Gasteiger partial charge in [0.1, 0.15) is 5.67 Å². The zero-order valence-electron chi connectivity index (χ0n) is 22.2. The van der Waals surface area contributed by atoms with Crippen molar-refractivity contribution in [2.45, 2.75) is 44.5 Å². The normalized spacial score (nSPS) is 23.2. The number of hydrogen-bond donors (Lipinski definition) is 0. The molecule has 3 fully saturated rings. The van der Waals surface area contributed by atoms with Crippen molar-refractivity contribution in [3.8, 4) is 11.1 Å². The molecule has 9 heteroatoms. The summed E-state index contributed by atoms with van der Waals surface area (Å²) >= 11 is 0. The third kappa shape index (κ3) is 4.85. The number of amides is 1. The number of rotatable bonds is 5. The van der Waals surface area contributed by atoms with Gasteiger partial charge < -0.3 is 19.3 Å². The molecule has 0 aliphatic carbocycles. The smallest absolute Gasteiger partial charge is 0.410 e. The molecule has 1 amide bonds. The summed E-state index contributed by atoms with van der Waals surface area (Å²) in [7, 11) is 0. The summed E-state index contributed by atoms with van der Waals surface area (Å²) in [4.78, 5) is 18.7. The Labute approximate surface area is 222 Å². The number of likely N-dealkylation sites (tertiary alicyclic amines) is 1. The van der Waals surface area contributed by atoms with Gasteiger partial charge in [-0.2, -0.15) is 5.10 Å². The Kier molecular flexibility index (Phi) is 6.74. The monoisotopic (exact) mass is 521 g/mol. The molecular formula is C29H36FN5O3. The molecular weight excluding hydrogens is 485 g/mol. The number of hydrogen-bond acceptors (Lipinski definition) is 6. The molecule has 1 aromatic carbocycles. The van der Waals surface area contributed by atoms with E-state index in [0.29, 0.717) is 45.3 Å². The molecule has 6 rings (SSSR count). The SMILES string of the molecule is CC(C)N1CCC[C@@](F)(c2ccc(-c3cc4c(N5CCN(C(=O)OC6COC6)CC5)ccnn4c3)cc2)C1. The van der Waals surface area contributed by atoms with Gasteiger partial charge in [-0.15, -0.1) is 0 Å². The van der Waals surface area contributed by atoms with Gasteiger partial charge in [-0.05, 0) is 56.5 Å². The summed E-state index contributed by atoms with van der Waals surface area (Å²) in [5.41, 5.74) is 3.63. The first-order valence-electron chi connectivity index (χ1n) is 13.7. The maximum absolute atomic E-state index is 15.9. The van der Waals surface area contributed by atoms with Gasteiger partial charge in [-0.1, -0.05) is 24.3 Å². The standard InChI is InChI=1S/C29H36FN5O3/c1-21(2)34-11-3-9-29(30,20-34)24-6-4-22(5-7-24)23-16-27-26(8-10-31-35(27)17-23)32-12-14-33(15-13-32)28(36)38-25-18-37-19-25/h4-8,10,16-17,21,25H,3,9,11-15,18-20H2,1-2H3/t29-/m0/s1. The van der Waals surface area contributed by atoms with Gasteiger partial charge >= 0.3 is 6.09 Å². The van der Waals surface area contributed by atoms with Crippen LogP contribution in [-0.4, -0.2) is 90.1 Å². The van der Waals surface area contributed by atoms with Crippen LogP contribution < -0.4 is 4.90 Å². The molecule has 0 unspecified atom stereocenters. The molecule has 0 saturated carbocycles. The Morgan fingerprint density at radius 3 is 2.53 bits per heavy atom. The molecule has 3 aliphatic rings. The Bertz CT molecular complexity index is 1280. The highest BCUT2D eigenvalue weighted by molar-refractivity contribution is 5.80. The van der Waals surface area contributed by atoms with Crippen molar-refractivity contribution in [3.05, 3.63) is 54.4 Å². The fourth-order valence-corrected chi connectivity index (χ4v) is 5.73. The van der Waals surface area contributed by atoms with Crippen LogP contribution in [0.25, 0.3) is 16.6 Å². The molecule has 3 aromatic rings. The largest absolute Gasteiger partial charge is 0.441 e. The molecule has 1 atom stereocenters. The molecule has 0 spiro atoms. The van der Waals surface area contributed by atoms with Crippen LogP contribution in [0.2, 0.25) is 0 Å². The topological polar surface area (TPSA) is 62.5 Å². The summed E-state index contributed by atoms with van der Waals surface area (Å²) in [6, 6.07) is 12.5. The van der Waals surface area contributed by atoms with Crippen LogP contribution in [0.5, 0.6) is 0 Å². The van der Waals surface area contributed by atoms with Crippen molar-refractivity contribution in [2.75, 3.05) is 57.4 Å². The van der Waals surface area contributed by atoms with Crippen LogP contribution in [0.1, 0.15) is 32.3 Å². The minimum atomic E-state index is -1.30. The number of nitrogens with zero attached hydrogens (tertiary/aromatic N) is 5. The van der Waals surface area contributed by atoms with E-state index in [1.165, 1.54) is 0 Å². The van der Waals surface area contributed by atoms with E-state index in [9.17, 15) is 4.79 Å². The average Bonchev–Trinajstić information content (AvgIpc) is 3.35. The molecule has 0 N–H and O–H groups in total. The lowest BCUT2D eigenvalue weighted by Gasteiger charge is -2.39. The lowest BCUT2D eigenvalue weighted by molar-refractivity contribution is -0.104. The predicted molar refractivity (Wildman–Crippen MR) is 144 cm³/mol. The van der Waals surface area contributed by atoms with Gasteiger partial charge in [0.25, 0.3) is 0 Å². The summed E-state index contributed by atoms with van der Waals surface area (Å²) in [6.45, 7) is 9.31. The van der Waals surface area contributed by atoms with Gasteiger partial charge in [-0.25, -0.2) is 13.7 Å². The minimum absolute atomic E-state index is 0.110. The number of aromatic nitrogens is 2. The van der Waals surface area contributed by atoms with Crippen LogP contribution in [0.15, 0.2) is 48.8 Å². The third-order valence-electron chi connectivity index (χ3n) is 8.18. The number of ether oxygens (including phenoxy) is 2. The fourth-order valence-electron chi connectivity index (χ4n) is 5.73. The van der Waals surface area contributed by atoms with E-state index in [2.05, 4.69) is 34.8 Å². The quantitative estimate of drug-likeness (QED) is 0.498. The molecule has 3 saturated heterocycles. The Morgan fingerprint density at radius 2 is 1.84 bits per heavy atom. The van der Waals surface area contributed by atoms with Gasteiger partial charge in [0.15, 0.2) is 6.10 Å². The summed E-state index contributed by atoms with van der Waals surface area (Å²) in [5.74, 6) is 0. The van der Waals surface area contributed by atoms with Crippen molar-refractivity contribution in [1.82, 2.24) is 19.4 Å². The predicted octanol–water partition coefficient (Wildman–Crippen LogP) is 4.33. The van der Waals surface area contributed by atoms with Crippen LogP contribution in [0.3, 0.4) is 0 Å². The molecule has 3 aliphatic heterocycles. The highest BCUT2D eigenvalue weighted by Gasteiger charge is 2.38. The van der Waals surface area contributed by atoms with E-state index in [1.807, 2.05) is 47.2 Å². The highest BCUT2D eigenvalue weighted by atomic mass is 19.1. The molecule has 0 radical (unpaired) electrons. The molecule has 8 nitrogen and oxygen atoms in total. The van der Waals surface area contributed by atoms with E-state index in [-0.39, 0.29) is 12.2 Å². The lowest BCUT2D eigenvalue weighted by atomic mass is 9.86. The molecule has 38 heavy (non-hydrogen) atoms. The molecule has 5 heterocycles. The summed E-state index contributed by atoms with van der Waals surface area (Å²) in [6.07, 6.45) is 4.91. The number of piperazine rings is 1. The Hall–Kier alpha value is -3.17. The first kappa shape index (κ1) is 25.1. The zero-order valence-corrected chi connectivity index (χ0v) is 22.2. The third-order valence-corrected chi connectivity index (χ3v) is 8.18. The average molecular weight is 522 g/mol. The van der Waals surface area contributed by atoms with Crippen molar-refractivity contribution < 1.29 is 18.7 Å². The maximum Gasteiger partial charge on any atom is 0.410 e. The van der Waals surface area contributed by atoms with Crippen molar-refractivity contribution in [2.24, 2.45) is 0 Å². The van der Waals surface area contributed by atoms with Gasteiger partial charge in [0, 0.05) is 56.7 Å². The number of anilines is 1. The highest BCUT2D eigenvalue weighted by Crippen LogP contribution is 2.37.